The molecule has 0 atom stereocenters. The Morgan fingerprint density at radius 2 is 1.67 bits per heavy atom. The molecule has 0 bridgehead atoms. The summed E-state index contributed by atoms with van der Waals surface area (Å²) in [5, 5.41) is 13.0. The van der Waals surface area contributed by atoms with Crippen molar-refractivity contribution in [3.8, 4) is 22.5 Å². The number of nitrogens with one attached hydrogen (secondary N) is 1. The van der Waals surface area contributed by atoms with Crippen molar-refractivity contribution >= 4 is 23.0 Å². The van der Waals surface area contributed by atoms with Crippen LogP contribution in [0.3, 0.4) is 0 Å². The summed E-state index contributed by atoms with van der Waals surface area (Å²) in [5.41, 5.74) is 4.94. The smallest absolute Gasteiger partial charge is 0.408 e. The molecular formula is C33H34N6O3. The number of amides is 2. The second-order valence-corrected chi connectivity index (χ2v) is 11.1. The van der Waals surface area contributed by atoms with Crippen LogP contribution in [0.25, 0.3) is 33.5 Å². The minimum absolute atomic E-state index is 0.180. The number of benzene rings is 3. The van der Waals surface area contributed by atoms with Gasteiger partial charge in [0.25, 0.3) is 5.91 Å². The number of carboxylic acid groups (broad SMARTS) is 1. The summed E-state index contributed by atoms with van der Waals surface area (Å²) < 4.78 is 1.97. The van der Waals surface area contributed by atoms with Crippen LogP contribution in [0.1, 0.15) is 43.1 Å². The maximum absolute atomic E-state index is 13.0. The van der Waals surface area contributed by atoms with Crippen molar-refractivity contribution in [3.05, 3.63) is 103 Å². The molecule has 3 aromatic carbocycles. The summed E-state index contributed by atoms with van der Waals surface area (Å²) in [6.45, 7) is 7.10. The number of aromatic nitrogens is 4. The second-order valence-electron chi connectivity index (χ2n) is 11.1. The van der Waals surface area contributed by atoms with E-state index in [4.69, 9.17) is 9.97 Å². The van der Waals surface area contributed by atoms with Crippen molar-refractivity contribution in [1.29, 1.82) is 0 Å². The monoisotopic (exact) mass is 562 g/mol. The lowest BCUT2D eigenvalue weighted by Gasteiger charge is -2.33. The van der Waals surface area contributed by atoms with Gasteiger partial charge in [0.2, 0.25) is 0 Å². The number of hydrogen-bond donors (Lipinski definition) is 2. The Labute approximate surface area is 244 Å². The maximum Gasteiger partial charge on any atom is 0.408 e. The second kappa shape index (κ2) is 12.2. The molecule has 42 heavy (non-hydrogen) atoms. The number of hydrogen-bond acceptors (Lipinski definition) is 5. The van der Waals surface area contributed by atoms with Crippen molar-refractivity contribution in [2.75, 3.05) is 6.54 Å². The molecular weight excluding hydrogens is 528 g/mol. The molecule has 0 aliphatic carbocycles. The third-order valence-electron chi connectivity index (χ3n) is 7.05. The average molecular weight is 563 g/mol. The fourth-order valence-corrected chi connectivity index (χ4v) is 4.82. The van der Waals surface area contributed by atoms with Gasteiger partial charge in [-0.3, -0.25) is 9.69 Å². The molecule has 2 heterocycles. The molecule has 0 fully saturated rings. The zero-order valence-corrected chi connectivity index (χ0v) is 24.0. The molecule has 5 rings (SSSR count). The summed E-state index contributed by atoms with van der Waals surface area (Å²) in [4.78, 5) is 40.7. The number of rotatable bonds is 9. The fourth-order valence-electron chi connectivity index (χ4n) is 4.82. The van der Waals surface area contributed by atoms with E-state index in [9.17, 15) is 14.7 Å². The molecule has 2 amide bonds. The van der Waals surface area contributed by atoms with Gasteiger partial charge in [-0.15, -0.1) is 0 Å². The molecule has 0 unspecified atom stereocenters. The largest absolute Gasteiger partial charge is 0.465 e. The van der Waals surface area contributed by atoms with Crippen LogP contribution in [0.15, 0.2) is 91.5 Å². The number of aryl methyl sites for hydroxylation is 1. The number of fused-ring (bicyclic) bond motifs is 1. The summed E-state index contributed by atoms with van der Waals surface area (Å²) in [6.07, 6.45) is 5.17. The molecule has 2 aromatic heterocycles. The van der Waals surface area contributed by atoms with E-state index in [0.717, 1.165) is 29.7 Å². The van der Waals surface area contributed by atoms with E-state index < -0.39 is 11.6 Å². The fraction of sp³-hybridized carbons (Fsp3) is 0.242. The van der Waals surface area contributed by atoms with Gasteiger partial charge in [0.15, 0.2) is 0 Å². The van der Waals surface area contributed by atoms with Gasteiger partial charge in [-0.1, -0.05) is 54.6 Å². The third-order valence-corrected chi connectivity index (χ3v) is 7.05. The first kappa shape index (κ1) is 28.5. The molecule has 9 nitrogen and oxygen atoms in total. The lowest BCUT2D eigenvalue weighted by Crippen LogP contribution is -2.44. The van der Waals surface area contributed by atoms with E-state index >= 15 is 0 Å². The van der Waals surface area contributed by atoms with Crippen LogP contribution in [-0.2, 0) is 13.1 Å². The molecule has 9 heteroatoms. The van der Waals surface area contributed by atoms with Crippen LogP contribution in [-0.4, -0.2) is 53.6 Å². The molecule has 0 saturated carbocycles. The highest BCUT2D eigenvalue weighted by molar-refractivity contribution is 5.98. The van der Waals surface area contributed by atoms with Gasteiger partial charge in [0.05, 0.1) is 35.3 Å². The normalized spacial score (nSPS) is 11.4. The Balaban J connectivity index is 1.52. The van der Waals surface area contributed by atoms with Crippen LogP contribution >= 0.6 is 0 Å². The zero-order chi connectivity index (χ0) is 29.7. The number of carbonyl (C=O) groups is 2. The predicted molar refractivity (Wildman–Crippen MR) is 163 cm³/mol. The highest BCUT2D eigenvalue weighted by Gasteiger charge is 2.27. The summed E-state index contributed by atoms with van der Waals surface area (Å²) >= 11 is 0. The van der Waals surface area contributed by atoms with Gasteiger partial charge in [-0.25, -0.2) is 19.7 Å². The molecule has 0 radical (unpaired) electrons. The van der Waals surface area contributed by atoms with E-state index in [-0.39, 0.29) is 12.5 Å². The van der Waals surface area contributed by atoms with E-state index in [2.05, 4.69) is 10.3 Å². The van der Waals surface area contributed by atoms with Gasteiger partial charge in [0, 0.05) is 47.7 Å². The maximum atomic E-state index is 13.0. The quantitative estimate of drug-likeness (QED) is 0.205. The molecule has 2 N–H and O–H groups in total. The molecule has 214 valence electrons. The Morgan fingerprint density at radius 1 is 0.929 bits per heavy atom. The van der Waals surface area contributed by atoms with E-state index in [0.29, 0.717) is 34.5 Å². The SMILES string of the molecule is CC(C)(C)N(Cc1ccccc1-c1nc2cc(C(=O)NCCCn3ccnc3)ccc2nc1-c1ccccc1)C(=O)O. The number of imidazole rings is 1. The molecule has 0 saturated heterocycles. The van der Waals surface area contributed by atoms with Crippen LogP contribution in [0, 0.1) is 0 Å². The summed E-state index contributed by atoms with van der Waals surface area (Å²) in [6, 6.07) is 22.8. The summed E-state index contributed by atoms with van der Waals surface area (Å²) in [5.74, 6) is -0.180. The van der Waals surface area contributed by atoms with E-state index in [1.807, 2.05) is 92.2 Å². The Bertz CT molecular complexity index is 1690. The highest BCUT2D eigenvalue weighted by atomic mass is 16.4. The third kappa shape index (κ3) is 6.46. The van der Waals surface area contributed by atoms with Crippen LogP contribution in [0.5, 0.6) is 0 Å². The molecule has 0 aliphatic heterocycles. The van der Waals surface area contributed by atoms with Crippen molar-refractivity contribution in [2.24, 2.45) is 0 Å². The van der Waals surface area contributed by atoms with Gasteiger partial charge in [-0.05, 0) is 51.0 Å². The first-order valence-corrected chi connectivity index (χ1v) is 13.9. The highest BCUT2D eigenvalue weighted by Crippen LogP contribution is 2.34. The van der Waals surface area contributed by atoms with Gasteiger partial charge in [-0.2, -0.15) is 0 Å². The van der Waals surface area contributed by atoms with E-state index in [1.54, 1.807) is 24.7 Å². The van der Waals surface area contributed by atoms with Crippen molar-refractivity contribution in [2.45, 2.75) is 45.8 Å². The lowest BCUT2D eigenvalue weighted by atomic mass is 9.97. The molecule has 0 spiro atoms. The first-order valence-electron chi connectivity index (χ1n) is 13.9. The van der Waals surface area contributed by atoms with Crippen LogP contribution < -0.4 is 5.32 Å². The van der Waals surface area contributed by atoms with Crippen molar-refractivity contribution < 1.29 is 14.7 Å². The first-order chi connectivity index (χ1) is 20.2. The van der Waals surface area contributed by atoms with E-state index in [1.165, 1.54) is 4.90 Å². The van der Waals surface area contributed by atoms with Crippen molar-refractivity contribution in [3.63, 3.8) is 0 Å². The molecule has 5 aromatic rings. The summed E-state index contributed by atoms with van der Waals surface area (Å²) in [7, 11) is 0. The predicted octanol–water partition coefficient (Wildman–Crippen LogP) is 6.26. The average Bonchev–Trinajstić information content (AvgIpc) is 3.50. The Morgan fingerprint density at radius 3 is 2.38 bits per heavy atom. The van der Waals surface area contributed by atoms with Gasteiger partial charge < -0.3 is 15.0 Å². The Kier molecular flexibility index (Phi) is 8.28. The van der Waals surface area contributed by atoms with Gasteiger partial charge >= 0.3 is 6.09 Å². The zero-order valence-electron chi connectivity index (χ0n) is 24.0. The lowest BCUT2D eigenvalue weighted by molar-refractivity contribution is 0.0945. The minimum atomic E-state index is -0.995. The minimum Gasteiger partial charge on any atom is -0.465 e. The number of carbonyl (C=O) groups excluding carboxylic acids is 1. The topological polar surface area (TPSA) is 113 Å². The van der Waals surface area contributed by atoms with Crippen LogP contribution in [0.2, 0.25) is 0 Å². The van der Waals surface area contributed by atoms with Gasteiger partial charge in [0.1, 0.15) is 0 Å². The molecule has 0 aliphatic rings. The standard InChI is InChI=1S/C33H34N6O3/c1-33(2,3)39(32(41)42)21-25-12-7-8-13-26(25)30-29(23-10-5-4-6-11-23)36-27-15-14-24(20-28(27)37-30)31(40)35-16-9-18-38-19-17-34-22-38/h4-8,10-15,17,19-20,22H,9,16,18,21H2,1-3H3,(H,35,40)(H,41,42). The number of nitrogens with zero attached hydrogens (tertiary/aromatic N) is 5. The van der Waals surface area contributed by atoms with Crippen molar-refractivity contribution in [1.82, 2.24) is 29.7 Å². The van der Waals surface area contributed by atoms with Crippen LogP contribution in [0.4, 0.5) is 4.79 Å². The Hall–Kier alpha value is -5.05.